The van der Waals surface area contributed by atoms with Crippen LogP contribution in [0.15, 0.2) is 86.3 Å². The van der Waals surface area contributed by atoms with Crippen LogP contribution in [0.5, 0.6) is 6.01 Å². The summed E-state index contributed by atoms with van der Waals surface area (Å²) < 4.78 is 52.9. The van der Waals surface area contributed by atoms with E-state index in [1.54, 1.807) is 0 Å². The zero-order valence-electron chi connectivity index (χ0n) is 31.5. The summed E-state index contributed by atoms with van der Waals surface area (Å²) in [7, 11) is -3.93. The van der Waals surface area contributed by atoms with Crippen molar-refractivity contribution >= 4 is 67.5 Å². The molecule has 28 heteroatoms. The Hall–Kier alpha value is -8.11. The maximum atomic E-state index is 12.7. The number of carboxylic acid groups (broad SMARTS) is 2. The molecule has 0 fully saturated rings. The normalized spacial score (nSPS) is 12.5. The number of sulfone groups is 1. The molecule has 5 aromatic heterocycles. The van der Waals surface area contributed by atoms with Crippen LogP contribution in [-0.4, -0.2) is 105 Å². The lowest BCUT2D eigenvalue weighted by atomic mass is 10.2. The fraction of sp³-hybridized carbons (Fsp3) is 0.121. The van der Waals surface area contributed by atoms with E-state index in [1.165, 1.54) is 73.3 Å². The number of rotatable bonds is 13. The highest BCUT2D eigenvalue weighted by Gasteiger charge is 2.24. The van der Waals surface area contributed by atoms with E-state index in [9.17, 15) is 42.1 Å². The van der Waals surface area contributed by atoms with Crippen molar-refractivity contribution in [3.05, 3.63) is 89.0 Å². The van der Waals surface area contributed by atoms with Crippen LogP contribution in [0.3, 0.4) is 0 Å². The van der Waals surface area contributed by atoms with Crippen LogP contribution in [0, 0.1) is 13.8 Å². The Balaban J connectivity index is 1.24. The highest BCUT2D eigenvalue weighted by atomic mass is 32.2. The molecule has 1 atom stereocenters. The Bertz CT molecular complexity index is 3110. The van der Waals surface area contributed by atoms with Gasteiger partial charge in [0.05, 0.1) is 46.3 Å². The number of hydrogen-bond acceptors (Lipinski definition) is 20. The zero-order valence-corrected chi connectivity index (χ0v) is 33.1. The van der Waals surface area contributed by atoms with Gasteiger partial charge in [-0.25, -0.2) is 27.4 Å². The maximum absolute atomic E-state index is 12.7. The molecule has 312 valence electrons. The van der Waals surface area contributed by atoms with Gasteiger partial charge < -0.3 is 31.3 Å². The first-order valence-electron chi connectivity index (χ1n) is 17.0. The second kappa shape index (κ2) is 15.9. The van der Waals surface area contributed by atoms with Gasteiger partial charge in [0, 0.05) is 17.6 Å². The monoisotopic (exact) mass is 870 g/mol. The maximum Gasteiger partial charge on any atom is 0.335 e. The topological polar surface area (TPSA) is 381 Å². The Morgan fingerprint density at radius 3 is 1.70 bits per heavy atom. The summed E-state index contributed by atoms with van der Waals surface area (Å²) in [6.45, 7) is 3.01. The molecule has 7 aromatic rings. The van der Waals surface area contributed by atoms with Crippen LogP contribution in [0.1, 0.15) is 37.7 Å². The summed E-state index contributed by atoms with van der Waals surface area (Å²) >= 11 is -2.56. The largest absolute Gasteiger partial charge is 0.772 e. The first kappa shape index (κ1) is 41.1. The molecule has 26 nitrogen and oxygen atoms in total. The van der Waals surface area contributed by atoms with E-state index in [1.807, 2.05) is 0 Å². The van der Waals surface area contributed by atoms with Crippen molar-refractivity contribution in [1.82, 2.24) is 54.1 Å². The summed E-state index contributed by atoms with van der Waals surface area (Å²) in [6, 6.07) is 10.4. The van der Waals surface area contributed by atoms with E-state index in [0.717, 1.165) is 26.5 Å². The minimum Gasteiger partial charge on any atom is -0.772 e. The number of hydrogen-bond donors (Lipinski definition) is 5. The van der Waals surface area contributed by atoms with Gasteiger partial charge in [0.2, 0.25) is 0 Å². The molecule has 0 bridgehead atoms. The lowest BCUT2D eigenvalue weighted by Gasteiger charge is -2.07. The smallest absolute Gasteiger partial charge is 0.335 e. The lowest BCUT2D eigenvalue weighted by molar-refractivity contribution is 0.0686. The third-order valence-electron chi connectivity index (χ3n) is 8.47. The molecular weight excluding hydrogens is 843 g/mol. The minimum absolute atomic E-state index is 0.0257. The lowest BCUT2D eigenvalue weighted by Crippen LogP contribution is -2.13. The Morgan fingerprint density at radius 2 is 1.23 bits per heavy atom. The summed E-state index contributed by atoms with van der Waals surface area (Å²) in [6.07, 6.45) is 3.21. The fourth-order valence-electron chi connectivity index (χ4n) is 5.66. The molecular formula is C33H28N17O9S2-. The summed E-state index contributed by atoms with van der Waals surface area (Å²) in [5.41, 5.74) is 13.5. The van der Waals surface area contributed by atoms with E-state index >= 15 is 0 Å². The average molecular weight is 871 g/mol. The van der Waals surface area contributed by atoms with Gasteiger partial charge >= 0.3 is 17.9 Å². The second-order valence-electron chi connectivity index (χ2n) is 12.7. The number of aromatic hydroxyl groups is 1. The van der Waals surface area contributed by atoms with Crippen molar-refractivity contribution in [3.63, 3.8) is 0 Å². The minimum atomic E-state index is -3.93. The number of aromatic carboxylic acids is 2. The van der Waals surface area contributed by atoms with Crippen LogP contribution in [0.25, 0.3) is 23.3 Å². The molecule has 2 aromatic carbocycles. The number of carbonyl (C=O) groups is 2. The molecule has 0 aliphatic carbocycles. The van der Waals surface area contributed by atoms with Crippen LogP contribution in [-0.2, 0) is 26.7 Å². The van der Waals surface area contributed by atoms with Crippen molar-refractivity contribution in [2.75, 3.05) is 17.7 Å². The van der Waals surface area contributed by atoms with Gasteiger partial charge in [-0.05, 0) is 50.2 Å². The van der Waals surface area contributed by atoms with Crippen LogP contribution >= 0.6 is 0 Å². The number of azo groups is 2. The second-order valence-corrected chi connectivity index (χ2v) is 15.6. The van der Waals surface area contributed by atoms with Crippen molar-refractivity contribution in [3.8, 4) is 29.3 Å². The number of aryl methyl sites for hydroxylation is 2. The van der Waals surface area contributed by atoms with E-state index in [0.29, 0.717) is 0 Å². The summed E-state index contributed by atoms with van der Waals surface area (Å²) in [4.78, 5) is 35.0. The van der Waals surface area contributed by atoms with Crippen LogP contribution < -0.4 is 11.5 Å². The molecule has 5 heterocycles. The third-order valence-corrected chi connectivity index (χ3v) is 10.1. The highest BCUT2D eigenvalue weighted by molar-refractivity contribution is 7.90. The number of aromatic nitrogens is 11. The van der Waals surface area contributed by atoms with E-state index in [4.69, 9.17) is 11.5 Å². The van der Waals surface area contributed by atoms with Crippen molar-refractivity contribution in [2.45, 2.75) is 24.5 Å². The number of nitrogens with two attached hydrogens (primary N) is 2. The van der Waals surface area contributed by atoms with Crippen LogP contribution in [0.4, 0.5) is 34.6 Å². The van der Waals surface area contributed by atoms with E-state index in [-0.39, 0.29) is 90.9 Å². The Kier molecular flexibility index (Phi) is 10.7. The van der Waals surface area contributed by atoms with Crippen molar-refractivity contribution < 1.29 is 42.1 Å². The van der Waals surface area contributed by atoms with Gasteiger partial charge in [-0.2, -0.15) is 44.7 Å². The molecule has 0 amide bonds. The summed E-state index contributed by atoms with van der Waals surface area (Å²) in [5, 5.41) is 63.2. The Morgan fingerprint density at radius 1 is 0.754 bits per heavy atom. The van der Waals surface area contributed by atoms with Gasteiger partial charge in [0.15, 0.2) is 44.5 Å². The molecule has 0 saturated carbocycles. The van der Waals surface area contributed by atoms with Crippen molar-refractivity contribution in [1.29, 1.82) is 0 Å². The molecule has 1 unspecified atom stereocenters. The number of nitrogen functional groups attached to an aromatic ring is 2. The summed E-state index contributed by atoms with van der Waals surface area (Å²) in [5.74, 6) is -4.37. The van der Waals surface area contributed by atoms with Gasteiger partial charge in [0.1, 0.15) is 4.90 Å². The third kappa shape index (κ3) is 8.15. The zero-order chi connectivity index (χ0) is 43.9. The average Bonchev–Trinajstić information content (AvgIpc) is 3.96. The van der Waals surface area contributed by atoms with Gasteiger partial charge in [-0.1, -0.05) is 23.2 Å². The molecule has 0 spiro atoms. The van der Waals surface area contributed by atoms with E-state index < -0.39 is 44.6 Å². The predicted molar refractivity (Wildman–Crippen MR) is 209 cm³/mol. The van der Waals surface area contributed by atoms with Gasteiger partial charge in [0.25, 0.3) is 11.9 Å². The number of nitrogens with zero attached hydrogens (tertiary/aromatic N) is 15. The number of carboxylic acids is 2. The predicted octanol–water partition coefficient (Wildman–Crippen LogP) is 3.11. The molecule has 0 saturated heterocycles. The fourth-order valence-corrected chi connectivity index (χ4v) is 6.82. The number of anilines is 2. The first-order valence-corrected chi connectivity index (χ1v) is 20.1. The first-order chi connectivity index (χ1) is 28.9. The standard InChI is InChI=1S/C33H29N17O9S2/c1-15-23(41-43-27-19(14-60(56)57)12-36-47(27)20-8-4-6-17(10-20)29(51)52)25(34)49(45-15)31-38-32(40-33(55)39-31)50-26(35)24(16(2)46-50)42-44-28-22(61(3,58)59)13-37-48(28)21-9-5-7-18(11-21)30(53)54/h4-13H,14,34-35H2,1-3H3,(H,51,52)(H,53,54)(H,56,57)(H,38,39,40,55)/p-1. The molecule has 0 aliphatic rings. The number of benzene rings is 2. The van der Waals surface area contributed by atoms with E-state index in [2.05, 4.69) is 55.8 Å². The van der Waals surface area contributed by atoms with Crippen molar-refractivity contribution in [2.24, 2.45) is 20.5 Å². The highest BCUT2D eigenvalue weighted by Crippen LogP contribution is 2.35. The van der Waals surface area contributed by atoms with Gasteiger partial charge in [-0.3, -0.25) is 4.21 Å². The van der Waals surface area contributed by atoms with Gasteiger partial charge in [-0.15, -0.1) is 20.5 Å². The molecule has 7 rings (SSSR count). The molecule has 61 heavy (non-hydrogen) atoms. The molecule has 0 aliphatic heterocycles. The Labute approximate surface area is 343 Å². The molecule has 7 N–H and O–H groups in total. The SMILES string of the molecule is Cc1nn(-c2nc(O)nc(-n3nc(C)c(N=Nc4c(S(C)(=O)=O)cnn4-c4cccc(C(=O)O)c4)c3N)n2)c(N)c1N=Nc1c(CS(=O)[O-])cnn1-c1cccc(C(=O)O)c1. The van der Waals surface area contributed by atoms with Crippen LogP contribution in [0.2, 0.25) is 0 Å². The molecule has 0 radical (unpaired) electrons. The quantitative estimate of drug-likeness (QED) is 0.0820.